The largest absolute Gasteiger partial charge is 0.361 e. The van der Waals surface area contributed by atoms with Crippen LogP contribution in [0.25, 0.3) is 0 Å². The van der Waals surface area contributed by atoms with E-state index in [4.69, 9.17) is 4.52 Å². The van der Waals surface area contributed by atoms with Gasteiger partial charge in [-0.2, -0.15) is 5.10 Å². The van der Waals surface area contributed by atoms with Gasteiger partial charge in [0, 0.05) is 11.8 Å². The lowest BCUT2D eigenvalue weighted by molar-refractivity contribution is -0.115. The molecule has 0 aliphatic rings. The minimum absolute atomic E-state index is 0.0545. The number of aromatic nitrogens is 3. The lowest BCUT2D eigenvalue weighted by Gasteiger charge is -2.05. The second-order valence-electron chi connectivity index (χ2n) is 5.88. The fourth-order valence-corrected chi connectivity index (χ4v) is 2.59. The number of carbonyl (C=O) groups excluding carboxylic acids is 1. The molecule has 0 aliphatic heterocycles. The zero-order valence-corrected chi connectivity index (χ0v) is 14.0. The number of benzene rings is 1. The van der Waals surface area contributed by atoms with Gasteiger partial charge >= 0.3 is 0 Å². The molecule has 0 atom stereocenters. The highest BCUT2D eigenvalue weighted by Gasteiger charge is 2.11. The van der Waals surface area contributed by atoms with E-state index in [2.05, 4.69) is 15.6 Å². The number of hydrogen-bond donors (Lipinski definition) is 1. The summed E-state index contributed by atoms with van der Waals surface area (Å²) in [5.41, 5.74) is 4.68. The second kappa shape index (κ2) is 6.70. The molecule has 3 rings (SSSR count). The number of carbonyl (C=O) groups is 1. The molecule has 0 aliphatic carbocycles. The molecule has 2 heterocycles. The van der Waals surface area contributed by atoms with E-state index >= 15 is 0 Å². The Balaban J connectivity index is 1.64. The lowest BCUT2D eigenvalue weighted by atomic mass is 10.1. The van der Waals surface area contributed by atoms with Crippen LogP contribution in [-0.2, 0) is 17.8 Å². The Bertz CT molecular complexity index is 844. The summed E-state index contributed by atoms with van der Waals surface area (Å²) in [6.45, 7) is 6.35. The molecule has 0 radical (unpaired) electrons. The Morgan fingerprint density at radius 1 is 1.25 bits per heavy atom. The van der Waals surface area contributed by atoms with Crippen molar-refractivity contribution in [3.05, 3.63) is 64.8 Å². The van der Waals surface area contributed by atoms with Crippen LogP contribution in [-0.4, -0.2) is 20.8 Å². The van der Waals surface area contributed by atoms with Gasteiger partial charge in [-0.3, -0.25) is 9.48 Å². The van der Waals surface area contributed by atoms with Crippen LogP contribution in [0.1, 0.15) is 28.1 Å². The zero-order valence-electron chi connectivity index (χ0n) is 14.0. The molecule has 0 saturated heterocycles. The van der Waals surface area contributed by atoms with E-state index in [9.17, 15) is 4.79 Å². The summed E-state index contributed by atoms with van der Waals surface area (Å²) < 4.78 is 6.92. The van der Waals surface area contributed by atoms with Crippen molar-refractivity contribution in [1.29, 1.82) is 0 Å². The molecule has 0 fully saturated rings. The van der Waals surface area contributed by atoms with Crippen LogP contribution in [0.3, 0.4) is 0 Å². The molecule has 2 aromatic heterocycles. The average molecular weight is 324 g/mol. The van der Waals surface area contributed by atoms with E-state index in [0.29, 0.717) is 18.7 Å². The summed E-state index contributed by atoms with van der Waals surface area (Å²) >= 11 is 0. The van der Waals surface area contributed by atoms with Crippen LogP contribution in [0.2, 0.25) is 0 Å². The topological polar surface area (TPSA) is 73.0 Å². The summed E-state index contributed by atoms with van der Waals surface area (Å²) in [5, 5.41) is 11.1. The van der Waals surface area contributed by atoms with E-state index in [0.717, 1.165) is 28.1 Å². The van der Waals surface area contributed by atoms with Crippen molar-refractivity contribution < 1.29 is 9.32 Å². The van der Waals surface area contributed by atoms with Crippen molar-refractivity contribution >= 4 is 11.6 Å². The zero-order chi connectivity index (χ0) is 17.1. The van der Waals surface area contributed by atoms with Gasteiger partial charge in [-0.15, -0.1) is 0 Å². The molecule has 6 heteroatoms. The maximum Gasteiger partial charge on any atom is 0.228 e. The van der Waals surface area contributed by atoms with Gasteiger partial charge in [-0.1, -0.05) is 29.4 Å². The van der Waals surface area contributed by atoms with Gasteiger partial charge in [-0.05, 0) is 31.9 Å². The number of rotatable bonds is 5. The Hall–Kier alpha value is -2.89. The number of aryl methyl sites for hydroxylation is 3. The summed E-state index contributed by atoms with van der Waals surface area (Å²) in [6, 6.07) is 7.88. The van der Waals surface area contributed by atoms with Gasteiger partial charge in [0.2, 0.25) is 5.91 Å². The predicted octanol–water partition coefficient (Wildman–Crippen LogP) is 3.03. The van der Waals surface area contributed by atoms with Crippen LogP contribution in [0, 0.1) is 20.8 Å². The first kappa shape index (κ1) is 16.0. The van der Waals surface area contributed by atoms with Crippen molar-refractivity contribution in [2.24, 2.45) is 0 Å². The first-order chi connectivity index (χ1) is 11.5. The summed E-state index contributed by atoms with van der Waals surface area (Å²) in [5.74, 6) is 0.731. The molecule has 0 unspecified atom stereocenters. The molecular weight excluding hydrogens is 304 g/mol. The monoisotopic (exact) mass is 324 g/mol. The SMILES string of the molecule is Cc1ccccc1CC(=O)Nc1cnn(Cc2c(C)noc2C)c1. The molecule has 24 heavy (non-hydrogen) atoms. The molecule has 6 nitrogen and oxygen atoms in total. The molecule has 1 N–H and O–H groups in total. The molecule has 0 spiro atoms. The minimum atomic E-state index is -0.0545. The highest BCUT2D eigenvalue weighted by Crippen LogP contribution is 2.15. The third-order valence-electron chi connectivity index (χ3n) is 4.03. The minimum Gasteiger partial charge on any atom is -0.361 e. The average Bonchev–Trinajstić information content (AvgIpc) is 3.11. The van der Waals surface area contributed by atoms with Crippen LogP contribution < -0.4 is 5.32 Å². The number of nitrogens with zero attached hydrogens (tertiary/aromatic N) is 3. The van der Waals surface area contributed by atoms with E-state index in [-0.39, 0.29) is 5.91 Å². The fourth-order valence-electron chi connectivity index (χ4n) is 2.59. The van der Waals surface area contributed by atoms with Crippen molar-refractivity contribution in [3.8, 4) is 0 Å². The van der Waals surface area contributed by atoms with Crippen LogP contribution in [0.5, 0.6) is 0 Å². The van der Waals surface area contributed by atoms with Gasteiger partial charge in [0.05, 0.1) is 30.5 Å². The summed E-state index contributed by atoms with van der Waals surface area (Å²) in [6.07, 6.45) is 3.80. The highest BCUT2D eigenvalue weighted by atomic mass is 16.5. The third kappa shape index (κ3) is 3.53. The van der Waals surface area contributed by atoms with Gasteiger partial charge < -0.3 is 9.84 Å². The maximum atomic E-state index is 12.2. The fraction of sp³-hybridized carbons (Fsp3) is 0.278. The Morgan fingerprint density at radius 2 is 2.04 bits per heavy atom. The Morgan fingerprint density at radius 3 is 2.75 bits per heavy atom. The van der Waals surface area contributed by atoms with E-state index in [1.165, 1.54) is 0 Å². The van der Waals surface area contributed by atoms with Gasteiger partial charge in [-0.25, -0.2) is 0 Å². The van der Waals surface area contributed by atoms with Crippen molar-refractivity contribution in [3.63, 3.8) is 0 Å². The molecular formula is C18H20N4O2. The first-order valence-electron chi connectivity index (χ1n) is 7.81. The lowest BCUT2D eigenvalue weighted by Crippen LogP contribution is -2.14. The van der Waals surface area contributed by atoms with E-state index < -0.39 is 0 Å². The van der Waals surface area contributed by atoms with Crippen LogP contribution in [0.4, 0.5) is 5.69 Å². The predicted molar refractivity (Wildman–Crippen MR) is 90.8 cm³/mol. The second-order valence-corrected chi connectivity index (χ2v) is 5.88. The molecule has 124 valence electrons. The van der Waals surface area contributed by atoms with Crippen molar-refractivity contribution in [1.82, 2.24) is 14.9 Å². The maximum absolute atomic E-state index is 12.2. The normalized spacial score (nSPS) is 10.8. The number of amides is 1. The van der Waals surface area contributed by atoms with Gasteiger partial charge in [0.1, 0.15) is 5.76 Å². The Kier molecular flexibility index (Phi) is 4.46. The number of anilines is 1. The quantitative estimate of drug-likeness (QED) is 0.783. The Labute approximate surface area is 140 Å². The molecule has 0 bridgehead atoms. The van der Waals surface area contributed by atoms with Crippen molar-refractivity contribution in [2.45, 2.75) is 33.7 Å². The molecule has 0 saturated carbocycles. The third-order valence-corrected chi connectivity index (χ3v) is 4.03. The van der Waals surface area contributed by atoms with E-state index in [1.807, 2.05) is 51.2 Å². The molecule has 3 aromatic rings. The van der Waals surface area contributed by atoms with Crippen molar-refractivity contribution in [2.75, 3.05) is 5.32 Å². The molecule has 1 amide bonds. The van der Waals surface area contributed by atoms with Gasteiger partial charge in [0.15, 0.2) is 0 Å². The summed E-state index contributed by atoms with van der Waals surface area (Å²) in [4.78, 5) is 12.2. The number of hydrogen-bond acceptors (Lipinski definition) is 4. The first-order valence-corrected chi connectivity index (χ1v) is 7.81. The number of nitrogens with one attached hydrogen (secondary N) is 1. The standard InChI is InChI=1S/C18H20N4O2/c1-12-6-4-5-7-15(12)8-18(23)20-16-9-19-22(10-16)11-17-13(2)21-24-14(17)3/h4-7,9-10H,8,11H2,1-3H3,(H,20,23). The highest BCUT2D eigenvalue weighted by molar-refractivity contribution is 5.92. The van der Waals surface area contributed by atoms with E-state index in [1.54, 1.807) is 10.9 Å². The van der Waals surface area contributed by atoms with Crippen LogP contribution in [0.15, 0.2) is 41.2 Å². The van der Waals surface area contributed by atoms with Gasteiger partial charge in [0.25, 0.3) is 0 Å². The molecule has 1 aromatic carbocycles. The smallest absolute Gasteiger partial charge is 0.228 e. The summed E-state index contributed by atoms with van der Waals surface area (Å²) in [7, 11) is 0. The van der Waals surface area contributed by atoms with Crippen LogP contribution >= 0.6 is 0 Å².